The van der Waals surface area contributed by atoms with E-state index in [4.69, 9.17) is 0 Å². The predicted molar refractivity (Wildman–Crippen MR) is 617 cm³/mol. The average molecular weight is 1860 g/mol. The Morgan fingerprint density at radius 1 is 0.0753 bits per heavy atom. The molecule has 0 spiro atoms. The topological polar surface area (TPSA) is 0 Å². The molecule has 0 radical (unpaired) electrons. The summed E-state index contributed by atoms with van der Waals surface area (Å²) in [5.41, 5.74) is 55.0. The number of hydrogen-bond acceptors (Lipinski definition) is 0. The van der Waals surface area contributed by atoms with Crippen molar-refractivity contribution in [3.8, 4) is 211 Å². The fourth-order valence-corrected chi connectivity index (χ4v) is 21.5. The molecule has 0 fully saturated rings. The SMILES string of the molecule is c1ccc(-c2cc(-c3ccccc3)cc(-c3ccc(-c4ccc(-c5cc(-c6ccccc6)cc(-c6ccccc6)c5)cc4)cc3)c2)cc1.c1ccc(-c2cc(-c3ccccc3)cc(-c3ccc(-c4ccc(C5c6ccccc6-c6ccccc65)cc4)cc3)c2)cc1.c1ccc(-c2ccc(-c3cc(-c4ccc(-c5ccccc5)cc4)cc(-c4ccc(-c5ccc(C6c7ccccc7-c7ccccc76)cc5)cc4)c3)cc2)cc1. The Kier molecular flexibility index (Phi) is 25.4. The van der Waals surface area contributed by atoms with Crippen LogP contribution in [0.25, 0.3) is 211 Å². The molecule has 24 aromatic rings. The Morgan fingerprint density at radius 2 is 0.171 bits per heavy atom. The first-order valence-electron chi connectivity index (χ1n) is 50.6. The smallest absolute Gasteiger partial charge is 0.0352 e. The monoisotopic (exact) mass is 1850 g/mol. The molecule has 0 heteroatoms. The van der Waals surface area contributed by atoms with Crippen LogP contribution in [0.1, 0.15) is 45.2 Å². The van der Waals surface area contributed by atoms with Gasteiger partial charge in [-0.15, -0.1) is 0 Å². The maximum absolute atomic E-state index is 2.33. The lowest BCUT2D eigenvalue weighted by molar-refractivity contribution is 1.02. The van der Waals surface area contributed by atoms with Gasteiger partial charge in [-0.05, 0) is 318 Å². The third-order valence-electron chi connectivity index (χ3n) is 29.1. The Morgan fingerprint density at radius 3 is 0.308 bits per heavy atom. The maximum atomic E-state index is 2.33. The van der Waals surface area contributed by atoms with Gasteiger partial charge in [0.2, 0.25) is 0 Å². The van der Waals surface area contributed by atoms with Gasteiger partial charge in [0.15, 0.2) is 0 Å². The summed E-state index contributed by atoms with van der Waals surface area (Å²) in [6.45, 7) is 0. The van der Waals surface area contributed by atoms with Gasteiger partial charge in [0.1, 0.15) is 0 Å². The molecular formula is C146H102. The van der Waals surface area contributed by atoms with Crippen LogP contribution in [0.4, 0.5) is 0 Å². The molecule has 0 nitrogen and oxygen atoms in total. The molecule has 0 bridgehead atoms. The molecule has 26 rings (SSSR count). The number of rotatable bonds is 19. The predicted octanol–water partition coefficient (Wildman–Crippen LogP) is 39.7. The summed E-state index contributed by atoms with van der Waals surface area (Å²) in [5.74, 6) is 0.536. The molecule has 2 aliphatic rings. The van der Waals surface area contributed by atoms with Crippen LogP contribution in [0.15, 0.2) is 607 Å². The van der Waals surface area contributed by atoms with Crippen molar-refractivity contribution in [3.05, 3.63) is 640 Å². The van der Waals surface area contributed by atoms with Gasteiger partial charge < -0.3 is 0 Å². The summed E-state index contributed by atoms with van der Waals surface area (Å²) in [6.07, 6.45) is 0. The zero-order chi connectivity index (χ0) is 97.3. The second kappa shape index (κ2) is 41.2. The van der Waals surface area contributed by atoms with Crippen LogP contribution in [-0.2, 0) is 0 Å². The first-order chi connectivity index (χ1) is 72.3. The van der Waals surface area contributed by atoms with Gasteiger partial charge in [-0.2, -0.15) is 0 Å². The van der Waals surface area contributed by atoms with E-state index in [1.807, 2.05) is 0 Å². The highest BCUT2D eigenvalue weighted by atomic mass is 14.3. The quantitative estimate of drug-likeness (QED) is 0.0757. The standard InChI is InChI=1S/C55H38.C48H34.C43H30/c1-3-11-38(12-4-1)40-19-25-44(26-20-40)48-35-49(45-27-21-41(22-28-45)39-13-5-2-6-14-39)37-50(36-48)46-29-23-42(24-30-46)43-31-33-47(34-32-43)55-53-17-9-7-15-51(53)52-16-8-10-18-54(52)55;1-5-13-35(14-6-1)43-29-44(36-15-7-2-8-16-36)32-47(31-43)41-25-21-39(22-26-41)40-23-27-42(28-24-40)48-33-45(37-17-9-3-10-18-37)30-46(34-48)38-19-11-4-12-20-38;1-3-11-30(12-4-1)36-27-37(31-13-5-2-6-14-31)29-38(28-36)34-21-19-32(20-22-34)33-23-25-35(26-24-33)43-41-17-9-7-15-39(41)40-16-8-10-18-42(40)43/h1-37,55H;1-34H;1-29,43H. The van der Waals surface area contributed by atoms with E-state index in [0.29, 0.717) is 0 Å². The summed E-state index contributed by atoms with van der Waals surface area (Å²) < 4.78 is 0. The third-order valence-corrected chi connectivity index (χ3v) is 29.1. The normalized spacial score (nSPS) is 11.6. The molecule has 0 aromatic heterocycles. The largest absolute Gasteiger partial charge is 0.0622 e. The molecule has 0 atom stereocenters. The van der Waals surface area contributed by atoms with E-state index < -0.39 is 0 Å². The van der Waals surface area contributed by atoms with Crippen molar-refractivity contribution in [1.82, 2.24) is 0 Å². The molecule has 146 heavy (non-hydrogen) atoms. The van der Waals surface area contributed by atoms with Crippen molar-refractivity contribution >= 4 is 0 Å². The molecule has 0 saturated carbocycles. The van der Waals surface area contributed by atoms with Crippen molar-refractivity contribution in [1.29, 1.82) is 0 Å². The van der Waals surface area contributed by atoms with E-state index in [1.54, 1.807) is 0 Å². The van der Waals surface area contributed by atoms with E-state index in [-0.39, 0.29) is 11.8 Å². The Labute approximate surface area is 856 Å². The van der Waals surface area contributed by atoms with Crippen LogP contribution < -0.4 is 0 Å². The first-order valence-corrected chi connectivity index (χ1v) is 50.6. The van der Waals surface area contributed by atoms with Crippen LogP contribution >= 0.6 is 0 Å². The van der Waals surface area contributed by atoms with Gasteiger partial charge in [0.25, 0.3) is 0 Å². The highest BCUT2D eigenvalue weighted by molar-refractivity contribution is 5.91. The fraction of sp³-hybridized carbons (Fsp3) is 0.0137. The summed E-state index contributed by atoms with van der Waals surface area (Å²) in [4.78, 5) is 0. The van der Waals surface area contributed by atoms with E-state index in [2.05, 4.69) is 607 Å². The second-order valence-corrected chi connectivity index (χ2v) is 38.0. The van der Waals surface area contributed by atoms with Crippen LogP contribution in [0.3, 0.4) is 0 Å². The van der Waals surface area contributed by atoms with Crippen molar-refractivity contribution in [2.24, 2.45) is 0 Å². The Bertz CT molecular complexity index is 8130. The Balaban J connectivity index is 0.000000118. The van der Waals surface area contributed by atoms with Crippen molar-refractivity contribution in [3.63, 3.8) is 0 Å². The molecule has 0 aliphatic heterocycles. The molecule has 24 aromatic carbocycles. The molecule has 2 aliphatic carbocycles. The fourth-order valence-electron chi connectivity index (χ4n) is 21.5. The minimum absolute atomic E-state index is 0.259. The lowest BCUT2D eigenvalue weighted by Gasteiger charge is -2.15. The molecular weight excluding hydrogens is 1750 g/mol. The second-order valence-electron chi connectivity index (χ2n) is 38.0. The van der Waals surface area contributed by atoms with Crippen molar-refractivity contribution < 1.29 is 0 Å². The summed E-state index contributed by atoms with van der Waals surface area (Å²) in [5, 5.41) is 0. The van der Waals surface area contributed by atoms with Crippen LogP contribution in [0, 0.1) is 0 Å². The highest BCUT2D eigenvalue weighted by Crippen LogP contribution is 2.51. The molecule has 0 unspecified atom stereocenters. The summed E-state index contributed by atoms with van der Waals surface area (Å²) >= 11 is 0. The lowest BCUT2D eigenvalue weighted by Crippen LogP contribution is -1.98. The van der Waals surface area contributed by atoms with Crippen LogP contribution in [0.5, 0.6) is 0 Å². The zero-order valence-corrected chi connectivity index (χ0v) is 80.9. The van der Waals surface area contributed by atoms with Gasteiger partial charge >= 0.3 is 0 Å². The molecule has 0 saturated heterocycles. The lowest BCUT2D eigenvalue weighted by atomic mass is 9.88. The van der Waals surface area contributed by atoms with Gasteiger partial charge in [-0.25, -0.2) is 0 Å². The van der Waals surface area contributed by atoms with Gasteiger partial charge in [0, 0.05) is 11.8 Å². The van der Waals surface area contributed by atoms with Crippen LogP contribution in [0.2, 0.25) is 0 Å². The van der Waals surface area contributed by atoms with Gasteiger partial charge in [-0.1, -0.05) is 534 Å². The van der Waals surface area contributed by atoms with Crippen molar-refractivity contribution in [2.75, 3.05) is 0 Å². The molecule has 0 amide bonds. The minimum Gasteiger partial charge on any atom is -0.0622 e. The third kappa shape index (κ3) is 19.2. The van der Waals surface area contributed by atoms with E-state index in [1.165, 1.54) is 245 Å². The number of benzene rings is 24. The van der Waals surface area contributed by atoms with Gasteiger partial charge in [0.05, 0.1) is 0 Å². The zero-order valence-electron chi connectivity index (χ0n) is 80.9. The van der Waals surface area contributed by atoms with E-state index in [9.17, 15) is 0 Å². The maximum Gasteiger partial charge on any atom is 0.0352 e. The number of fused-ring (bicyclic) bond motifs is 6. The van der Waals surface area contributed by atoms with E-state index >= 15 is 0 Å². The average Bonchev–Trinajstić information content (AvgIpc) is 1.60. The molecule has 0 heterocycles. The van der Waals surface area contributed by atoms with E-state index in [0.717, 1.165) is 0 Å². The van der Waals surface area contributed by atoms with Crippen LogP contribution in [-0.4, -0.2) is 0 Å². The van der Waals surface area contributed by atoms with Gasteiger partial charge in [-0.3, -0.25) is 0 Å². The molecule has 0 N–H and O–H groups in total. The Hall–Kier alpha value is -18.7. The number of hydrogen-bond donors (Lipinski definition) is 0. The minimum atomic E-state index is 0.259. The van der Waals surface area contributed by atoms with Crippen molar-refractivity contribution in [2.45, 2.75) is 11.8 Å². The summed E-state index contributed by atoms with van der Waals surface area (Å²) in [6, 6.07) is 220. The molecule has 686 valence electrons. The highest BCUT2D eigenvalue weighted by Gasteiger charge is 2.31. The summed E-state index contributed by atoms with van der Waals surface area (Å²) in [7, 11) is 0. The first kappa shape index (κ1) is 89.9.